The molecular formula is C18H30N4O3S. The van der Waals surface area contributed by atoms with Crippen LogP contribution in [0.2, 0.25) is 0 Å². The van der Waals surface area contributed by atoms with Gasteiger partial charge < -0.3 is 15.2 Å². The number of nitrogens with zero attached hydrogens (tertiary/aromatic N) is 2. The van der Waals surface area contributed by atoms with Gasteiger partial charge in [0, 0.05) is 32.4 Å². The van der Waals surface area contributed by atoms with E-state index in [1.165, 1.54) is 29.4 Å². The summed E-state index contributed by atoms with van der Waals surface area (Å²) in [5.41, 5.74) is 0.392. The molecule has 0 radical (unpaired) electrons. The van der Waals surface area contributed by atoms with Crippen molar-refractivity contribution in [1.29, 1.82) is 0 Å². The van der Waals surface area contributed by atoms with Crippen molar-refractivity contribution >= 4 is 15.9 Å². The van der Waals surface area contributed by atoms with E-state index in [9.17, 15) is 13.2 Å². The molecule has 3 rings (SSSR count). The van der Waals surface area contributed by atoms with E-state index in [2.05, 4.69) is 10.6 Å². The zero-order valence-electron chi connectivity index (χ0n) is 15.9. The number of aryl methyl sites for hydroxylation is 1. The zero-order chi connectivity index (χ0) is 18.9. The van der Waals surface area contributed by atoms with Crippen LogP contribution in [0.3, 0.4) is 0 Å². The fraction of sp³-hybridized carbons (Fsp3) is 0.722. The SMILES string of the molecule is CCN(CC)S(=O)(=O)c1cc(C(=O)NC2CC2C2CCCNC2)n(C)c1. The third-order valence-corrected chi connectivity index (χ3v) is 7.67. The first-order chi connectivity index (χ1) is 12.4. The first-order valence-corrected chi connectivity index (χ1v) is 11.0. The van der Waals surface area contributed by atoms with Crippen molar-refractivity contribution in [2.75, 3.05) is 26.2 Å². The third-order valence-electron chi connectivity index (χ3n) is 5.65. The molecular weight excluding hydrogens is 352 g/mol. The minimum Gasteiger partial charge on any atom is -0.348 e. The van der Waals surface area contributed by atoms with Gasteiger partial charge in [-0.3, -0.25) is 4.79 Å². The van der Waals surface area contributed by atoms with Crippen molar-refractivity contribution in [2.45, 2.75) is 44.0 Å². The standard InChI is InChI=1S/C18H30N4O3S/c1-4-22(5-2)26(24,25)14-9-17(21(3)12-14)18(23)20-16-10-15(16)13-7-6-8-19-11-13/h9,12-13,15-16,19H,4-8,10-11H2,1-3H3,(H,20,23). The maximum atomic E-state index is 12.6. The van der Waals surface area contributed by atoms with Gasteiger partial charge in [-0.25, -0.2) is 8.42 Å². The number of rotatable bonds is 7. The van der Waals surface area contributed by atoms with Crippen molar-refractivity contribution < 1.29 is 13.2 Å². The minimum atomic E-state index is -3.55. The van der Waals surface area contributed by atoms with Crippen molar-refractivity contribution in [2.24, 2.45) is 18.9 Å². The number of sulfonamides is 1. The van der Waals surface area contributed by atoms with Gasteiger partial charge in [0.1, 0.15) is 10.6 Å². The molecule has 3 atom stereocenters. The molecule has 1 aromatic heterocycles. The first-order valence-electron chi connectivity index (χ1n) is 9.56. The van der Waals surface area contributed by atoms with E-state index in [0.29, 0.717) is 30.6 Å². The van der Waals surface area contributed by atoms with Crippen LogP contribution in [0.25, 0.3) is 0 Å². The molecule has 1 aliphatic heterocycles. The van der Waals surface area contributed by atoms with Gasteiger partial charge in [0.05, 0.1) is 0 Å². The Bertz CT molecular complexity index is 748. The van der Waals surface area contributed by atoms with Crippen LogP contribution in [-0.4, -0.2) is 55.4 Å². The second-order valence-electron chi connectivity index (χ2n) is 7.35. The molecule has 2 aliphatic rings. The number of aromatic nitrogens is 1. The minimum absolute atomic E-state index is 0.178. The Hall–Kier alpha value is -1.38. The molecule has 1 saturated heterocycles. The molecule has 1 amide bonds. The van der Waals surface area contributed by atoms with E-state index in [1.54, 1.807) is 11.6 Å². The molecule has 146 valence electrons. The van der Waals surface area contributed by atoms with Crippen molar-refractivity contribution in [3.05, 3.63) is 18.0 Å². The van der Waals surface area contributed by atoms with Gasteiger partial charge in [0.15, 0.2) is 0 Å². The lowest BCUT2D eigenvalue weighted by molar-refractivity contribution is 0.0939. The summed E-state index contributed by atoms with van der Waals surface area (Å²) in [6.07, 6.45) is 4.97. The second-order valence-corrected chi connectivity index (χ2v) is 9.29. The van der Waals surface area contributed by atoms with Crippen LogP contribution in [0.5, 0.6) is 0 Å². The molecule has 0 bridgehead atoms. The first kappa shape index (κ1) is 19.4. The van der Waals surface area contributed by atoms with Gasteiger partial charge >= 0.3 is 0 Å². The molecule has 0 spiro atoms. The topological polar surface area (TPSA) is 83.4 Å². The molecule has 8 heteroatoms. The van der Waals surface area contributed by atoms with Crippen molar-refractivity contribution in [1.82, 2.24) is 19.5 Å². The number of amides is 1. The molecule has 1 aromatic rings. The van der Waals surface area contributed by atoms with E-state index in [4.69, 9.17) is 0 Å². The van der Waals surface area contributed by atoms with Gasteiger partial charge in [0.25, 0.3) is 5.91 Å². The highest BCUT2D eigenvalue weighted by Gasteiger charge is 2.44. The van der Waals surface area contributed by atoms with Crippen LogP contribution < -0.4 is 10.6 Å². The highest BCUT2D eigenvalue weighted by Crippen LogP contribution is 2.40. The summed E-state index contributed by atoms with van der Waals surface area (Å²) in [5, 5.41) is 6.51. The normalized spacial score (nSPS) is 26.1. The Morgan fingerprint density at radius 1 is 1.38 bits per heavy atom. The van der Waals surface area contributed by atoms with Crippen LogP contribution >= 0.6 is 0 Å². The van der Waals surface area contributed by atoms with E-state index >= 15 is 0 Å². The van der Waals surface area contributed by atoms with Crippen LogP contribution in [0, 0.1) is 11.8 Å². The molecule has 3 unspecified atom stereocenters. The smallest absolute Gasteiger partial charge is 0.268 e. The quantitative estimate of drug-likeness (QED) is 0.742. The Morgan fingerprint density at radius 3 is 2.73 bits per heavy atom. The van der Waals surface area contributed by atoms with Crippen molar-refractivity contribution in [3.63, 3.8) is 0 Å². The molecule has 1 saturated carbocycles. The monoisotopic (exact) mass is 382 g/mol. The summed E-state index contributed by atoms with van der Waals surface area (Å²) in [7, 11) is -1.84. The number of piperidine rings is 1. The maximum Gasteiger partial charge on any atom is 0.268 e. The average Bonchev–Trinajstić information content (AvgIpc) is 3.27. The van der Waals surface area contributed by atoms with Gasteiger partial charge in [0.2, 0.25) is 10.0 Å². The second kappa shape index (κ2) is 7.70. The maximum absolute atomic E-state index is 12.6. The molecule has 2 heterocycles. The van der Waals surface area contributed by atoms with E-state index < -0.39 is 10.0 Å². The van der Waals surface area contributed by atoms with E-state index in [-0.39, 0.29) is 16.8 Å². The largest absolute Gasteiger partial charge is 0.348 e. The van der Waals surface area contributed by atoms with Crippen LogP contribution in [0.15, 0.2) is 17.2 Å². The number of nitrogens with one attached hydrogen (secondary N) is 2. The summed E-state index contributed by atoms with van der Waals surface area (Å²) in [6, 6.07) is 1.70. The summed E-state index contributed by atoms with van der Waals surface area (Å²) in [4.78, 5) is 12.8. The summed E-state index contributed by atoms with van der Waals surface area (Å²) in [6.45, 7) is 6.57. The Kier molecular flexibility index (Phi) is 5.74. The van der Waals surface area contributed by atoms with Gasteiger partial charge in [-0.15, -0.1) is 0 Å². The zero-order valence-corrected chi connectivity index (χ0v) is 16.7. The third kappa shape index (κ3) is 3.82. The molecule has 2 fully saturated rings. The highest BCUT2D eigenvalue weighted by atomic mass is 32.2. The van der Waals surface area contributed by atoms with Gasteiger partial charge in [-0.2, -0.15) is 4.31 Å². The Balaban J connectivity index is 1.66. The van der Waals surface area contributed by atoms with E-state index in [1.807, 2.05) is 13.8 Å². The van der Waals surface area contributed by atoms with Crippen LogP contribution in [0.4, 0.5) is 0 Å². The molecule has 7 nitrogen and oxygen atoms in total. The Labute approximate surface area is 156 Å². The van der Waals surface area contributed by atoms with Crippen LogP contribution in [-0.2, 0) is 17.1 Å². The summed E-state index contributed by atoms with van der Waals surface area (Å²) < 4.78 is 28.3. The lowest BCUT2D eigenvalue weighted by Gasteiger charge is -2.22. The molecule has 0 aromatic carbocycles. The Morgan fingerprint density at radius 2 is 2.12 bits per heavy atom. The number of carbonyl (C=O) groups excluding carboxylic acids is 1. The molecule has 26 heavy (non-hydrogen) atoms. The van der Waals surface area contributed by atoms with Gasteiger partial charge in [-0.05, 0) is 50.3 Å². The average molecular weight is 383 g/mol. The fourth-order valence-corrected chi connectivity index (χ4v) is 5.53. The lowest BCUT2D eigenvalue weighted by atomic mass is 9.94. The predicted octanol–water partition coefficient (Wildman–Crippen LogP) is 1.17. The van der Waals surface area contributed by atoms with Gasteiger partial charge in [-0.1, -0.05) is 13.8 Å². The number of carbonyl (C=O) groups is 1. The summed E-state index contributed by atoms with van der Waals surface area (Å²) >= 11 is 0. The van der Waals surface area contributed by atoms with Crippen LogP contribution in [0.1, 0.15) is 43.6 Å². The highest BCUT2D eigenvalue weighted by molar-refractivity contribution is 7.89. The van der Waals surface area contributed by atoms with E-state index in [0.717, 1.165) is 19.5 Å². The fourth-order valence-electron chi connectivity index (χ4n) is 4.00. The summed E-state index contributed by atoms with van der Waals surface area (Å²) in [5.74, 6) is 0.997. The molecule has 1 aliphatic carbocycles. The number of hydrogen-bond acceptors (Lipinski definition) is 4. The van der Waals surface area contributed by atoms with Crippen molar-refractivity contribution in [3.8, 4) is 0 Å². The predicted molar refractivity (Wildman–Crippen MR) is 100 cm³/mol. The molecule has 2 N–H and O–H groups in total. The number of hydrogen-bond donors (Lipinski definition) is 2. The lowest BCUT2D eigenvalue weighted by Crippen LogP contribution is -2.34.